The van der Waals surface area contributed by atoms with Gasteiger partial charge in [-0.3, -0.25) is 0 Å². The number of hydrogen-bond acceptors (Lipinski definition) is 2. The molecule has 14 heavy (non-hydrogen) atoms. The van der Waals surface area contributed by atoms with Gasteiger partial charge in [0.15, 0.2) is 0 Å². The molecule has 0 spiro atoms. The number of aliphatic hydroxyl groups is 2. The van der Waals surface area contributed by atoms with Crippen molar-refractivity contribution in [2.75, 3.05) is 13.2 Å². The molecule has 0 aromatic rings. The molecule has 0 bridgehead atoms. The molecule has 0 saturated heterocycles. The zero-order chi connectivity index (χ0) is 10.8. The summed E-state index contributed by atoms with van der Waals surface area (Å²) >= 11 is 0. The summed E-state index contributed by atoms with van der Waals surface area (Å²) in [5.74, 6) is 1.13. The molecule has 0 aliphatic heterocycles. The highest BCUT2D eigenvalue weighted by Crippen LogP contribution is 2.15. The zero-order valence-corrected chi connectivity index (χ0v) is 9.71. The Labute approximate surface area is 88.3 Å². The molecule has 0 aliphatic rings. The summed E-state index contributed by atoms with van der Waals surface area (Å²) in [5.41, 5.74) is 0. The summed E-state index contributed by atoms with van der Waals surface area (Å²) in [6, 6.07) is 0. The molecule has 0 aliphatic carbocycles. The van der Waals surface area contributed by atoms with Gasteiger partial charge in [-0.2, -0.15) is 0 Å². The second kappa shape index (κ2) is 9.47. The van der Waals surface area contributed by atoms with Gasteiger partial charge in [-0.05, 0) is 24.7 Å². The van der Waals surface area contributed by atoms with Crippen LogP contribution in [0.1, 0.15) is 52.4 Å². The Hall–Kier alpha value is -0.0800. The van der Waals surface area contributed by atoms with E-state index in [4.69, 9.17) is 10.2 Å². The summed E-state index contributed by atoms with van der Waals surface area (Å²) in [5, 5.41) is 17.5. The van der Waals surface area contributed by atoms with E-state index in [2.05, 4.69) is 13.8 Å². The first-order chi connectivity index (χ1) is 6.70. The summed E-state index contributed by atoms with van der Waals surface area (Å²) in [6.07, 6.45) is 7.07. The van der Waals surface area contributed by atoms with E-state index >= 15 is 0 Å². The van der Waals surface area contributed by atoms with Crippen LogP contribution in [0.25, 0.3) is 0 Å². The third kappa shape index (κ3) is 8.52. The highest BCUT2D eigenvalue weighted by Gasteiger charge is 2.02. The van der Waals surface area contributed by atoms with Crippen molar-refractivity contribution in [3.63, 3.8) is 0 Å². The predicted molar refractivity (Wildman–Crippen MR) is 60.2 cm³/mol. The van der Waals surface area contributed by atoms with Crippen molar-refractivity contribution >= 4 is 0 Å². The summed E-state index contributed by atoms with van der Waals surface area (Å²) < 4.78 is 0. The third-order valence-corrected chi connectivity index (χ3v) is 2.83. The maximum absolute atomic E-state index is 8.82. The molecule has 0 radical (unpaired) electrons. The lowest BCUT2D eigenvalue weighted by molar-refractivity contribution is 0.226. The molecule has 0 rings (SSSR count). The first-order valence-electron chi connectivity index (χ1n) is 5.92. The van der Waals surface area contributed by atoms with Crippen LogP contribution in [-0.4, -0.2) is 23.4 Å². The van der Waals surface area contributed by atoms with Crippen LogP contribution in [0.15, 0.2) is 0 Å². The van der Waals surface area contributed by atoms with Crippen molar-refractivity contribution in [1.82, 2.24) is 0 Å². The molecule has 2 heteroatoms. The first-order valence-corrected chi connectivity index (χ1v) is 5.92. The molecule has 0 aromatic heterocycles. The molecule has 0 heterocycles. The monoisotopic (exact) mass is 202 g/mol. The minimum Gasteiger partial charge on any atom is -0.396 e. The molecule has 2 nitrogen and oxygen atoms in total. The van der Waals surface area contributed by atoms with Crippen LogP contribution in [0.4, 0.5) is 0 Å². The Balaban J connectivity index is 3.13. The van der Waals surface area contributed by atoms with Gasteiger partial charge in [-0.15, -0.1) is 0 Å². The van der Waals surface area contributed by atoms with Crippen molar-refractivity contribution < 1.29 is 10.2 Å². The number of hydrogen-bond donors (Lipinski definition) is 2. The van der Waals surface area contributed by atoms with Crippen molar-refractivity contribution in [3.8, 4) is 0 Å². The van der Waals surface area contributed by atoms with Crippen LogP contribution < -0.4 is 0 Å². The quantitative estimate of drug-likeness (QED) is 0.564. The van der Waals surface area contributed by atoms with Gasteiger partial charge >= 0.3 is 0 Å². The van der Waals surface area contributed by atoms with Crippen LogP contribution in [0.5, 0.6) is 0 Å². The van der Waals surface area contributed by atoms with E-state index in [9.17, 15) is 0 Å². The van der Waals surface area contributed by atoms with Crippen molar-refractivity contribution in [3.05, 3.63) is 0 Å². The van der Waals surface area contributed by atoms with Gasteiger partial charge in [0.1, 0.15) is 0 Å². The number of aliphatic hydroxyl groups excluding tert-OH is 2. The molecule has 2 atom stereocenters. The molecular formula is C12H26O2. The average Bonchev–Trinajstić information content (AvgIpc) is 2.17. The molecule has 0 aromatic carbocycles. The van der Waals surface area contributed by atoms with Gasteiger partial charge in [0.05, 0.1) is 0 Å². The first kappa shape index (κ1) is 13.9. The van der Waals surface area contributed by atoms with E-state index < -0.39 is 0 Å². The summed E-state index contributed by atoms with van der Waals surface area (Å²) in [4.78, 5) is 0. The second-order valence-corrected chi connectivity index (χ2v) is 4.54. The van der Waals surface area contributed by atoms with Gasteiger partial charge in [0.2, 0.25) is 0 Å². The Kier molecular flexibility index (Phi) is 9.42. The fraction of sp³-hybridized carbons (Fsp3) is 1.00. The van der Waals surface area contributed by atoms with E-state index in [1.807, 2.05) is 0 Å². The van der Waals surface area contributed by atoms with Gasteiger partial charge in [-0.25, -0.2) is 0 Å². The highest BCUT2D eigenvalue weighted by molar-refractivity contribution is 4.55. The standard InChI is InChI=1S/C12H26O2/c1-11(8-9-13)6-4-3-5-7-12(2)10-14/h11-14H,3-10H2,1-2H3. The number of rotatable bonds is 9. The fourth-order valence-electron chi connectivity index (χ4n) is 1.62. The largest absolute Gasteiger partial charge is 0.396 e. The Morgan fingerprint density at radius 2 is 1.36 bits per heavy atom. The molecule has 2 unspecified atom stereocenters. The SMILES string of the molecule is CC(CO)CCCCCC(C)CCO. The predicted octanol–water partition coefficient (Wildman–Crippen LogP) is 2.58. The lowest BCUT2D eigenvalue weighted by Gasteiger charge is -2.10. The van der Waals surface area contributed by atoms with Crippen LogP contribution in [0.3, 0.4) is 0 Å². The van der Waals surface area contributed by atoms with Crippen molar-refractivity contribution in [2.24, 2.45) is 11.8 Å². The Morgan fingerprint density at radius 1 is 0.786 bits per heavy atom. The van der Waals surface area contributed by atoms with E-state index in [1.165, 1.54) is 25.7 Å². The fourth-order valence-corrected chi connectivity index (χ4v) is 1.62. The average molecular weight is 202 g/mol. The maximum atomic E-state index is 8.82. The van der Waals surface area contributed by atoms with Gasteiger partial charge < -0.3 is 10.2 Å². The summed E-state index contributed by atoms with van der Waals surface area (Å²) in [7, 11) is 0. The van der Waals surface area contributed by atoms with Crippen molar-refractivity contribution in [2.45, 2.75) is 52.4 Å². The Bertz CT molecular complexity index is 115. The van der Waals surface area contributed by atoms with Crippen LogP contribution >= 0.6 is 0 Å². The molecule has 86 valence electrons. The molecule has 0 fully saturated rings. The third-order valence-electron chi connectivity index (χ3n) is 2.83. The van der Waals surface area contributed by atoms with E-state index in [-0.39, 0.29) is 0 Å². The van der Waals surface area contributed by atoms with Crippen LogP contribution in [0, 0.1) is 11.8 Å². The minimum atomic E-state index is 0.320. The van der Waals surface area contributed by atoms with Gasteiger partial charge in [0.25, 0.3) is 0 Å². The highest BCUT2D eigenvalue weighted by atomic mass is 16.3. The van der Waals surface area contributed by atoms with Crippen LogP contribution in [-0.2, 0) is 0 Å². The van der Waals surface area contributed by atoms with Gasteiger partial charge in [0, 0.05) is 13.2 Å². The zero-order valence-electron chi connectivity index (χ0n) is 9.71. The second-order valence-electron chi connectivity index (χ2n) is 4.54. The van der Waals surface area contributed by atoms with Gasteiger partial charge in [-0.1, -0.05) is 39.5 Å². The minimum absolute atomic E-state index is 0.320. The van der Waals surface area contributed by atoms with E-state index in [0.29, 0.717) is 25.0 Å². The lowest BCUT2D eigenvalue weighted by Crippen LogP contribution is -2.01. The molecule has 0 amide bonds. The van der Waals surface area contributed by atoms with Crippen LogP contribution in [0.2, 0.25) is 0 Å². The van der Waals surface area contributed by atoms with E-state index in [1.54, 1.807) is 0 Å². The van der Waals surface area contributed by atoms with Crippen molar-refractivity contribution in [1.29, 1.82) is 0 Å². The van der Waals surface area contributed by atoms with E-state index in [0.717, 1.165) is 12.8 Å². The maximum Gasteiger partial charge on any atom is 0.0456 e. The number of unbranched alkanes of at least 4 members (excludes halogenated alkanes) is 2. The topological polar surface area (TPSA) is 40.5 Å². The molecule has 2 N–H and O–H groups in total. The Morgan fingerprint density at radius 3 is 1.86 bits per heavy atom. The lowest BCUT2D eigenvalue weighted by atomic mass is 9.98. The summed E-state index contributed by atoms with van der Waals surface area (Å²) in [6.45, 7) is 4.94. The molecule has 0 saturated carbocycles. The molecular weight excluding hydrogens is 176 g/mol. The smallest absolute Gasteiger partial charge is 0.0456 e. The normalized spacial score (nSPS) is 15.4.